The minimum absolute atomic E-state index is 0.131. The molecule has 1 amide bonds. The number of aliphatic carboxylic acids is 1. The van der Waals surface area contributed by atoms with Gasteiger partial charge in [0.15, 0.2) is 5.60 Å². The Morgan fingerprint density at radius 2 is 1.86 bits per heavy atom. The molecular weight excluding hydrogens is 274 g/mol. The summed E-state index contributed by atoms with van der Waals surface area (Å²) in [5.41, 5.74) is -0.761. The highest BCUT2D eigenvalue weighted by Crippen LogP contribution is 2.28. The van der Waals surface area contributed by atoms with E-state index in [0.29, 0.717) is 12.8 Å². The third-order valence-electron chi connectivity index (χ3n) is 3.75. The maximum Gasteiger partial charge on any atom is 0.407 e. The van der Waals surface area contributed by atoms with Crippen LogP contribution >= 0.6 is 0 Å². The average molecular weight is 293 g/mol. The molecule has 0 unspecified atom stereocenters. The highest BCUT2D eigenvalue weighted by atomic mass is 16.5. The Morgan fingerprint density at radius 1 is 1.24 bits per heavy atom. The molecule has 21 heavy (non-hydrogen) atoms. The number of benzene rings is 1. The summed E-state index contributed by atoms with van der Waals surface area (Å²) in [7, 11) is 0. The van der Waals surface area contributed by atoms with Crippen LogP contribution in [0.2, 0.25) is 0 Å². The van der Waals surface area contributed by atoms with Crippen molar-refractivity contribution in [2.75, 3.05) is 0 Å². The molecule has 6 nitrogen and oxygen atoms in total. The van der Waals surface area contributed by atoms with Crippen LogP contribution in [-0.2, 0) is 16.1 Å². The van der Waals surface area contributed by atoms with Gasteiger partial charge in [0, 0.05) is 6.04 Å². The summed E-state index contributed by atoms with van der Waals surface area (Å²) in [6.45, 7) is 0.193. The summed E-state index contributed by atoms with van der Waals surface area (Å²) in [5, 5.41) is 21.4. The van der Waals surface area contributed by atoms with Crippen molar-refractivity contribution in [2.45, 2.75) is 43.9 Å². The maximum atomic E-state index is 11.7. The fourth-order valence-corrected chi connectivity index (χ4v) is 2.39. The first-order chi connectivity index (χ1) is 9.99. The van der Waals surface area contributed by atoms with Crippen molar-refractivity contribution in [3.05, 3.63) is 35.9 Å². The number of carboxylic acids is 1. The third kappa shape index (κ3) is 4.19. The fraction of sp³-hybridized carbons (Fsp3) is 0.467. The minimum Gasteiger partial charge on any atom is -0.479 e. The van der Waals surface area contributed by atoms with Crippen LogP contribution < -0.4 is 5.32 Å². The van der Waals surface area contributed by atoms with E-state index < -0.39 is 17.7 Å². The molecule has 0 spiro atoms. The van der Waals surface area contributed by atoms with E-state index in [1.165, 1.54) is 0 Å². The van der Waals surface area contributed by atoms with Gasteiger partial charge in [-0.3, -0.25) is 0 Å². The molecule has 3 N–H and O–H groups in total. The van der Waals surface area contributed by atoms with Gasteiger partial charge in [0.2, 0.25) is 0 Å². The summed E-state index contributed by atoms with van der Waals surface area (Å²) in [4.78, 5) is 22.6. The summed E-state index contributed by atoms with van der Waals surface area (Å²) in [6.07, 6.45) is 0.578. The van der Waals surface area contributed by atoms with Gasteiger partial charge in [-0.25, -0.2) is 9.59 Å². The van der Waals surface area contributed by atoms with Crippen LogP contribution in [0.1, 0.15) is 31.2 Å². The number of alkyl carbamates (subject to hydrolysis) is 1. The van der Waals surface area contributed by atoms with Gasteiger partial charge in [-0.2, -0.15) is 0 Å². The molecule has 6 heteroatoms. The minimum atomic E-state index is -1.66. The van der Waals surface area contributed by atoms with Crippen molar-refractivity contribution in [3.8, 4) is 0 Å². The molecule has 1 saturated carbocycles. The summed E-state index contributed by atoms with van der Waals surface area (Å²) in [5.74, 6) is -1.20. The largest absolute Gasteiger partial charge is 0.479 e. The third-order valence-corrected chi connectivity index (χ3v) is 3.75. The van der Waals surface area contributed by atoms with Crippen molar-refractivity contribution in [3.63, 3.8) is 0 Å². The monoisotopic (exact) mass is 293 g/mol. The van der Waals surface area contributed by atoms with Crippen molar-refractivity contribution in [1.82, 2.24) is 5.32 Å². The lowest BCUT2D eigenvalue weighted by Crippen LogP contribution is -2.47. The van der Waals surface area contributed by atoms with Crippen LogP contribution in [0.25, 0.3) is 0 Å². The van der Waals surface area contributed by atoms with Crippen molar-refractivity contribution in [1.29, 1.82) is 0 Å². The highest BCUT2D eigenvalue weighted by molar-refractivity contribution is 5.77. The van der Waals surface area contributed by atoms with Crippen LogP contribution in [0.4, 0.5) is 4.79 Å². The van der Waals surface area contributed by atoms with Crippen LogP contribution in [0.3, 0.4) is 0 Å². The number of amides is 1. The number of carbonyl (C=O) groups excluding carboxylic acids is 1. The van der Waals surface area contributed by atoms with Crippen LogP contribution in [0.15, 0.2) is 30.3 Å². The molecule has 1 aliphatic carbocycles. The molecule has 0 atom stereocenters. The molecule has 0 radical (unpaired) electrons. The fourth-order valence-electron chi connectivity index (χ4n) is 2.39. The Bertz CT molecular complexity index is 494. The second kappa shape index (κ2) is 6.58. The molecule has 114 valence electrons. The predicted molar refractivity (Wildman–Crippen MR) is 74.6 cm³/mol. The molecule has 1 fully saturated rings. The van der Waals surface area contributed by atoms with Gasteiger partial charge in [0.1, 0.15) is 6.61 Å². The number of carbonyl (C=O) groups is 2. The highest BCUT2D eigenvalue weighted by Gasteiger charge is 2.40. The van der Waals surface area contributed by atoms with Gasteiger partial charge < -0.3 is 20.3 Å². The first kappa shape index (κ1) is 15.3. The smallest absolute Gasteiger partial charge is 0.407 e. The first-order valence-corrected chi connectivity index (χ1v) is 6.92. The zero-order chi connectivity index (χ0) is 15.3. The van der Waals surface area contributed by atoms with Crippen molar-refractivity contribution >= 4 is 12.1 Å². The van der Waals surface area contributed by atoms with Crippen molar-refractivity contribution < 1.29 is 24.5 Å². The van der Waals surface area contributed by atoms with E-state index >= 15 is 0 Å². The van der Waals surface area contributed by atoms with Gasteiger partial charge in [0.25, 0.3) is 0 Å². The second-order valence-electron chi connectivity index (χ2n) is 5.32. The Labute approximate surface area is 122 Å². The topological polar surface area (TPSA) is 95.9 Å². The summed E-state index contributed by atoms with van der Waals surface area (Å²) >= 11 is 0. The van der Waals surface area contributed by atoms with E-state index in [2.05, 4.69) is 5.32 Å². The first-order valence-electron chi connectivity index (χ1n) is 6.92. The lowest BCUT2D eigenvalue weighted by Gasteiger charge is -2.32. The molecule has 0 heterocycles. The molecule has 0 aromatic heterocycles. The zero-order valence-electron chi connectivity index (χ0n) is 11.6. The number of carboxylic acid groups (broad SMARTS) is 1. The SMILES string of the molecule is O=C(NC1CCC(O)(C(=O)O)CC1)OCc1ccccc1. The van der Waals surface area contributed by atoms with E-state index in [0.717, 1.165) is 5.56 Å². The molecule has 2 rings (SSSR count). The molecule has 0 bridgehead atoms. The Morgan fingerprint density at radius 3 is 2.43 bits per heavy atom. The number of aliphatic hydroxyl groups is 1. The lowest BCUT2D eigenvalue weighted by atomic mass is 9.82. The van der Waals surface area contributed by atoms with Gasteiger partial charge in [-0.15, -0.1) is 0 Å². The normalized spacial score (nSPS) is 25.1. The van der Waals surface area contributed by atoms with Gasteiger partial charge >= 0.3 is 12.1 Å². The molecule has 1 aliphatic rings. The second-order valence-corrected chi connectivity index (χ2v) is 5.32. The Balaban J connectivity index is 1.73. The molecule has 0 saturated heterocycles. The van der Waals surface area contributed by atoms with Gasteiger partial charge in [-0.1, -0.05) is 30.3 Å². The standard InChI is InChI=1S/C15H19NO5/c17-13(18)15(20)8-6-12(7-9-15)16-14(19)21-10-11-4-2-1-3-5-11/h1-5,12,20H,6-10H2,(H,16,19)(H,17,18). The number of hydrogen-bond acceptors (Lipinski definition) is 4. The van der Waals surface area contributed by atoms with Crippen LogP contribution in [-0.4, -0.2) is 33.9 Å². The van der Waals surface area contributed by atoms with Crippen molar-refractivity contribution in [2.24, 2.45) is 0 Å². The Kier molecular flexibility index (Phi) is 4.80. The van der Waals surface area contributed by atoms with E-state index in [4.69, 9.17) is 9.84 Å². The predicted octanol–water partition coefficient (Wildman–Crippen LogP) is 1.67. The summed E-state index contributed by atoms with van der Waals surface area (Å²) < 4.78 is 5.10. The number of rotatable bonds is 4. The van der Waals surface area contributed by atoms with E-state index in [1.54, 1.807) is 0 Å². The number of nitrogens with one attached hydrogen (secondary N) is 1. The van der Waals surface area contributed by atoms with E-state index in [1.807, 2.05) is 30.3 Å². The molecule has 0 aliphatic heterocycles. The number of hydrogen-bond donors (Lipinski definition) is 3. The van der Waals surface area contributed by atoms with Crippen LogP contribution in [0, 0.1) is 0 Å². The lowest BCUT2D eigenvalue weighted by molar-refractivity contribution is -0.162. The van der Waals surface area contributed by atoms with E-state index in [9.17, 15) is 14.7 Å². The molecule has 1 aromatic carbocycles. The average Bonchev–Trinajstić information content (AvgIpc) is 2.49. The molecule has 1 aromatic rings. The molecular formula is C15H19NO5. The van der Waals surface area contributed by atoms with E-state index in [-0.39, 0.29) is 25.5 Å². The van der Waals surface area contributed by atoms with Gasteiger partial charge in [-0.05, 0) is 31.2 Å². The van der Waals surface area contributed by atoms with Gasteiger partial charge in [0.05, 0.1) is 0 Å². The summed E-state index contributed by atoms with van der Waals surface area (Å²) in [6, 6.07) is 9.18. The zero-order valence-corrected chi connectivity index (χ0v) is 11.6. The number of ether oxygens (including phenoxy) is 1. The quantitative estimate of drug-likeness (QED) is 0.784. The van der Waals surface area contributed by atoms with Crippen LogP contribution in [0.5, 0.6) is 0 Å². The Hall–Kier alpha value is -2.08. The maximum absolute atomic E-state index is 11.7.